The molecular weight excluding hydrogens is 767 g/mol. The molecular formula is C56H79NO5. The second-order valence-corrected chi connectivity index (χ2v) is 21.6. The van der Waals surface area contributed by atoms with Crippen LogP contribution in [0.3, 0.4) is 0 Å². The SMILES string of the molecule is CC(=O)N[C@@H]1[C@@H]([C@H]2CC[C@@]3(C)C(CC[C@H]4[C@@H]5CC[C@H]([C@H](C)CCCC(C)C)[C@@]5(C)CC[C@@H]43)C2)O[C@H](COCc2ccccc2)[C@@H](OCc2ccccc2)[C@@H]1OCc1ccccc1. The topological polar surface area (TPSA) is 66.0 Å². The molecule has 0 radical (unpaired) electrons. The standard InChI is InChI=1S/C56H79NO5/c1-38(2)17-16-18-39(3)47-27-28-48-46-26-25-45-33-44(29-31-55(45,5)49(46)30-32-56(47,48)6)52-51(57-40(4)58)54(61-36-43-23-14-9-15-24-43)53(60-35-42-21-12-8-13-22-42)50(62-52)37-59-34-41-19-10-7-11-20-41/h7-15,19-24,38-39,44-54H,16-18,25-37H2,1-6H3,(H,57,58)/t39-,44+,45?,46+,47-,48+,49+,50-,51-,52-,53-,54-,55+,56-/m1/s1. The van der Waals surface area contributed by atoms with E-state index in [2.05, 4.69) is 101 Å². The van der Waals surface area contributed by atoms with Gasteiger partial charge in [0.1, 0.15) is 18.3 Å². The first-order valence-corrected chi connectivity index (χ1v) is 24.9. The van der Waals surface area contributed by atoms with Gasteiger partial charge in [0.2, 0.25) is 5.91 Å². The molecule has 62 heavy (non-hydrogen) atoms. The Balaban J connectivity index is 1.03. The van der Waals surface area contributed by atoms with Crippen LogP contribution >= 0.6 is 0 Å². The van der Waals surface area contributed by atoms with Crippen LogP contribution in [0.5, 0.6) is 0 Å². The number of carbonyl (C=O) groups excluding carboxylic acids is 1. The molecule has 6 nitrogen and oxygen atoms in total. The molecule has 6 heteroatoms. The van der Waals surface area contributed by atoms with E-state index in [0.717, 1.165) is 65.0 Å². The molecule has 5 aliphatic rings. The largest absolute Gasteiger partial charge is 0.374 e. The van der Waals surface area contributed by atoms with E-state index in [1.807, 2.05) is 30.3 Å². The maximum Gasteiger partial charge on any atom is 0.217 e. The first-order valence-electron chi connectivity index (χ1n) is 24.9. The lowest BCUT2D eigenvalue weighted by Gasteiger charge is -2.62. The van der Waals surface area contributed by atoms with Gasteiger partial charge < -0.3 is 24.3 Å². The van der Waals surface area contributed by atoms with Gasteiger partial charge in [0.15, 0.2) is 0 Å². The molecule has 1 aliphatic heterocycles. The minimum Gasteiger partial charge on any atom is -0.374 e. The summed E-state index contributed by atoms with van der Waals surface area (Å²) in [6.07, 6.45) is 14.5. The van der Waals surface area contributed by atoms with E-state index < -0.39 is 12.2 Å². The van der Waals surface area contributed by atoms with Gasteiger partial charge in [-0.15, -0.1) is 0 Å². The molecule has 1 amide bonds. The van der Waals surface area contributed by atoms with E-state index in [4.69, 9.17) is 18.9 Å². The van der Waals surface area contributed by atoms with Crippen LogP contribution in [0.15, 0.2) is 91.0 Å². The Bertz CT molecular complexity index is 1840. The van der Waals surface area contributed by atoms with E-state index in [-0.39, 0.29) is 24.2 Å². The highest BCUT2D eigenvalue weighted by atomic mass is 16.6. The molecule has 4 saturated carbocycles. The Morgan fingerprint density at radius 1 is 0.710 bits per heavy atom. The summed E-state index contributed by atoms with van der Waals surface area (Å²) in [5.41, 5.74) is 4.17. The highest BCUT2D eigenvalue weighted by Gasteiger charge is 2.61. The molecule has 3 aromatic rings. The molecule has 1 N–H and O–H groups in total. The van der Waals surface area contributed by atoms with Crippen LogP contribution in [-0.2, 0) is 43.6 Å². The summed E-state index contributed by atoms with van der Waals surface area (Å²) in [6.45, 7) is 16.1. The van der Waals surface area contributed by atoms with Gasteiger partial charge in [-0.25, -0.2) is 0 Å². The van der Waals surface area contributed by atoms with Gasteiger partial charge in [0.05, 0.1) is 38.6 Å². The van der Waals surface area contributed by atoms with Crippen LogP contribution < -0.4 is 5.32 Å². The summed E-state index contributed by atoms with van der Waals surface area (Å²) < 4.78 is 27.8. The van der Waals surface area contributed by atoms with Crippen LogP contribution in [0.25, 0.3) is 0 Å². The van der Waals surface area contributed by atoms with Gasteiger partial charge in [0.25, 0.3) is 0 Å². The summed E-state index contributed by atoms with van der Waals surface area (Å²) in [6, 6.07) is 30.7. The molecule has 0 aromatic heterocycles. The van der Waals surface area contributed by atoms with E-state index in [0.29, 0.717) is 49.1 Å². The molecule has 338 valence electrons. The van der Waals surface area contributed by atoms with Gasteiger partial charge in [0, 0.05) is 6.92 Å². The summed E-state index contributed by atoms with van der Waals surface area (Å²) in [5.74, 6) is 5.98. The number of hydrogen-bond donors (Lipinski definition) is 1. The molecule has 14 atom stereocenters. The van der Waals surface area contributed by atoms with Crippen molar-refractivity contribution in [1.82, 2.24) is 5.32 Å². The lowest BCUT2D eigenvalue weighted by atomic mass is 9.43. The Labute approximate surface area is 375 Å². The quantitative estimate of drug-likeness (QED) is 0.147. The summed E-state index contributed by atoms with van der Waals surface area (Å²) in [4.78, 5) is 13.3. The maximum absolute atomic E-state index is 13.3. The highest BCUT2D eigenvalue weighted by Crippen LogP contribution is 2.69. The molecule has 8 rings (SSSR count). The third-order valence-corrected chi connectivity index (χ3v) is 17.4. The van der Waals surface area contributed by atoms with E-state index in [9.17, 15) is 4.79 Å². The van der Waals surface area contributed by atoms with Crippen molar-refractivity contribution in [1.29, 1.82) is 0 Å². The molecule has 3 aromatic carbocycles. The second-order valence-electron chi connectivity index (χ2n) is 21.6. The molecule has 1 saturated heterocycles. The van der Waals surface area contributed by atoms with Crippen molar-refractivity contribution in [3.8, 4) is 0 Å². The average Bonchev–Trinajstić information content (AvgIpc) is 3.63. The lowest BCUT2D eigenvalue weighted by Crippen LogP contribution is -2.67. The number of ether oxygens (including phenoxy) is 4. The molecule has 0 spiro atoms. The lowest BCUT2D eigenvalue weighted by molar-refractivity contribution is -0.247. The maximum atomic E-state index is 13.3. The van der Waals surface area contributed by atoms with Crippen molar-refractivity contribution in [2.24, 2.45) is 58.2 Å². The Kier molecular flexibility index (Phi) is 15.0. The molecule has 0 bridgehead atoms. The number of hydrogen-bond acceptors (Lipinski definition) is 5. The van der Waals surface area contributed by atoms with Gasteiger partial charge in [-0.3, -0.25) is 4.79 Å². The number of carbonyl (C=O) groups is 1. The predicted molar refractivity (Wildman–Crippen MR) is 249 cm³/mol. The number of fused-ring (bicyclic) bond motifs is 5. The first-order chi connectivity index (χ1) is 30.0. The third-order valence-electron chi connectivity index (χ3n) is 17.4. The van der Waals surface area contributed by atoms with Crippen molar-refractivity contribution < 1.29 is 23.7 Å². The van der Waals surface area contributed by atoms with Crippen molar-refractivity contribution in [2.45, 2.75) is 169 Å². The summed E-state index contributed by atoms with van der Waals surface area (Å²) in [5, 5.41) is 3.42. The van der Waals surface area contributed by atoms with Crippen molar-refractivity contribution in [3.05, 3.63) is 108 Å². The van der Waals surface area contributed by atoms with Gasteiger partial charge in [-0.2, -0.15) is 0 Å². The normalized spacial score (nSPS) is 36.0. The van der Waals surface area contributed by atoms with E-state index in [1.54, 1.807) is 6.92 Å². The first kappa shape index (κ1) is 45.5. The number of nitrogens with one attached hydrogen (secondary N) is 1. The molecule has 4 aliphatic carbocycles. The zero-order valence-corrected chi connectivity index (χ0v) is 39.0. The van der Waals surface area contributed by atoms with E-state index in [1.165, 1.54) is 64.2 Å². The molecule has 1 unspecified atom stereocenters. The third kappa shape index (κ3) is 10.1. The fourth-order valence-electron chi connectivity index (χ4n) is 14.3. The van der Waals surface area contributed by atoms with Crippen LogP contribution in [0, 0.1) is 58.2 Å². The fraction of sp³-hybridized carbons (Fsp3) is 0.661. The monoisotopic (exact) mass is 846 g/mol. The summed E-state index contributed by atoms with van der Waals surface area (Å²) in [7, 11) is 0. The predicted octanol–water partition coefficient (Wildman–Crippen LogP) is 12.4. The van der Waals surface area contributed by atoms with Gasteiger partial charge in [-0.1, -0.05) is 145 Å². The Morgan fingerprint density at radius 2 is 1.31 bits per heavy atom. The minimum absolute atomic E-state index is 0.0620. The molecule has 1 heterocycles. The van der Waals surface area contributed by atoms with E-state index >= 15 is 0 Å². The van der Waals surface area contributed by atoms with Crippen LogP contribution in [0.1, 0.15) is 135 Å². The fourth-order valence-corrected chi connectivity index (χ4v) is 14.3. The zero-order chi connectivity index (χ0) is 43.3. The Hall–Kier alpha value is -3.03. The van der Waals surface area contributed by atoms with Gasteiger partial charge in [-0.05, 0) is 133 Å². The van der Waals surface area contributed by atoms with Crippen molar-refractivity contribution >= 4 is 5.91 Å². The zero-order valence-electron chi connectivity index (χ0n) is 39.0. The van der Waals surface area contributed by atoms with Crippen LogP contribution in [0.2, 0.25) is 0 Å². The van der Waals surface area contributed by atoms with Crippen molar-refractivity contribution in [2.75, 3.05) is 6.61 Å². The van der Waals surface area contributed by atoms with Crippen LogP contribution in [0.4, 0.5) is 0 Å². The Morgan fingerprint density at radius 3 is 1.94 bits per heavy atom. The van der Waals surface area contributed by atoms with Crippen LogP contribution in [-0.4, -0.2) is 43.0 Å². The smallest absolute Gasteiger partial charge is 0.217 e. The van der Waals surface area contributed by atoms with Crippen molar-refractivity contribution in [3.63, 3.8) is 0 Å². The average molecular weight is 846 g/mol. The number of amides is 1. The minimum atomic E-state index is -0.461. The molecule has 5 fully saturated rings. The number of rotatable bonds is 17. The summed E-state index contributed by atoms with van der Waals surface area (Å²) >= 11 is 0. The van der Waals surface area contributed by atoms with Gasteiger partial charge >= 0.3 is 0 Å². The highest BCUT2D eigenvalue weighted by molar-refractivity contribution is 5.73. The second kappa shape index (κ2) is 20.4. The number of benzene rings is 3.